The first kappa shape index (κ1) is 14.6. The van der Waals surface area contributed by atoms with Gasteiger partial charge in [-0.15, -0.1) is 11.3 Å². The second-order valence-electron chi connectivity index (χ2n) is 4.57. The minimum atomic E-state index is 0.325. The molecule has 0 bridgehead atoms. The standard InChI is InChI=1S/C13H24N2OS/c1-5-12(8-14-10(2)3)16-7-6-13-11(4)15-9-17-13/h9-10,12,14H,5-8H2,1-4H3. The first-order chi connectivity index (χ1) is 8.13. The van der Waals surface area contributed by atoms with Gasteiger partial charge in [-0.1, -0.05) is 20.8 Å². The Morgan fingerprint density at radius 1 is 1.47 bits per heavy atom. The predicted molar refractivity (Wildman–Crippen MR) is 73.7 cm³/mol. The maximum absolute atomic E-state index is 5.89. The van der Waals surface area contributed by atoms with Crippen molar-refractivity contribution in [1.29, 1.82) is 0 Å². The molecule has 1 rings (SSSR count). The first-order valence-electron chi connectivity index (χ1n) is 6.37. The van der Waals surface area contributed by atoms with Gasteiger partial charge in [-0.05, 0) is 13.3 Å². The van der Waals surface area contributed by atoms with Crippen molar-refractivity contribution in [1.82, 2.24) is 10.3 Å². The maximum Gasteiger partial charge on any atom is 0.0797 e. The van der Waals surface area contributed by atoms with Crippen LogP contribution < -0.4 is 5.32 Å². The Bertz CT molecular complexity index is 312. The van der Waals surface area contributed by atoms with E-state index in [1.165, 1.54) is 4.88 Å². The van der Waals surface area contributed by atoms with Gasteiger partial charge in [-0.3, -0.25) is 0 Å². The molecule has 1 aromatic heterocycles. The van der Waals surface area contributed by atoms with Crippen molar-refractivity contribution in [3.63, 3.8) is 0 Å². The van der Waals surface area contributed by atoms with Gasteiger partial charge in [-0.25, -0.2) is 4.98 Å². The topological polar surface area (TPSA) is 34.1 Å². The number of ether oxygens (including phenoxy) is 1. The van der Waals surface area contributed by atoms with Crippen LogP contribution in [0.25, 0.3) is 0 Å². The lowest BCUT2D eigenvalue weighted by atomic mass is 10.2. The molecular formula is C13H24N2OS. The van der Waals surface area contributed by atoms with E-state index in [4.69, 9.17) is 4.74 Å². The quantitative estimate of drug-likeness (QED) is 0.776. The van der Waals surface area contributed by atoms with Crippen LogP contribution in [0.1, 0.15) is 37.8 Å². The summed E-state index contributed by atoms with van der Waals surface area (Å²) in [6.45, 7) is 10.3. The van der Waals surface area contributed by atoms with Crippen LogP contribution in [0.3, 0.4) is 0 Å². The van der Waals surface area contributed by atoms with Gasteiger partial charge >= 0.3 is 0 Å². The Hall–Kier alpha value is -0.450. The van der Waals surface area contributed by atoms with Gasteiger partial charge in [-0.2, -0.15) is 0 Å². The van der Waals surface area contributed by atoms with E-state index in [9.17, 15) is 0 Å². The van der Waals surface area contributed by atoms with Gasteiger partial charge in [0.1, 0.15) is 0 Å². The molecule has 0 aliphatic rings. The Balaban J connectivity index is 2.21. The minimum absolute atomic E-state index is 0.325. The van der Waals surface area contributed by atoms with Crippen molar-refractivity contribution in [3.8, 4) is 0 Å². The third kappa shape index (κ3) is 5.61. The molecule has 3 nitrogen and oxygen atoms in total. The molecule has 0 saturated heterocycles. The lowest BCUT2D eigenvalue weighted by molar-refractivity contribution is 0.0518. The fourth-order valence-corrected chi connectivity index (χ4v) is 2.34. The van der Waals surface area contributed by atoms with Gasteiger partial charge in [0.15, 0.2) is 0 Å². The van der Waals surface area contributed by atoms with E-state index >= 15 is 0 Å². The smallest absolute Gasteiger partial charge is 0.0797 e. The lowest BCUT2D eigenvalue weighted by Crippen LogP contribution is -2.33. The van der Waals surface area contributed by atoms with Crippen LogP contribution in [-0.4, -0.2) is 30.3 Å². The lowest BCUT2D eigenvalue weighted by Gasteiger charge is -2.18. The highest BCUT2D eigenvalue weighted by atomic mass is 32.1. The molecule has 17 heavy (non-hydrogen) atoms. The third-order valence-electron chi connectivity index (χ3n) is 2.74. The van der Waals surface area contributed by atoms with E-state index in [0.29, 0.717) is 12.1 Å². The summed E-state index contributed by atoms with van der Waals surface area (Å²) in [6, 6.07) is 0.524. The molecule has 0 spiro atoms. The van der Waals surface area contributed by atoms with Crippen molar-refractivity contribution in [2.75, 3.05) is 13.2 Å². The molecule has 0 fully saturated rings. The molecule has 1 N–H and O–H groups in total. The highest BCUT2D eigenvalue weighted by Gasteiger charge is 2.08. The Morgan fingerprint density at radius 3 is 2.76 bits per heavy atom. The van der Waals surface area contributed by atoms with Crippen molar-refractivity contribution in [3.05, 3.63) is 16.1 Å². The van der Waals surface area contributed by atoms with Crippen molar-refractivity contribution in [2.24, 2.45) is 0 Å². The molecule has 0 saturated carbocycles. The molecule has 1 unspecified atom stereocenters. The van der Waals surface area contributed by atoms with E-state index in [1.807, 2.05) is 5.51 Å². The summed E-state index contributed by atoms with van der Waals surface area (Å²) in [5, 5.41) is 3.42. The van der Waals surface area contributed by atoms with Crippen LogP contribution >= 0.6 is 11.3 Å². The number of nitrogens with one attached hydrogen (secondary N) is 1. The number of hydrogen-bond acceptors (Lipinski definition) is 4. The second kappa shape index (κ2) is 7.80. The average Bonchev–Trinajstić information content (AvgIpc) is 2.69. The van der Waals surface area contributed by atoms with Crippen LogP contribution in [0.5, 0.6) is 0 Å². The van der Waals surface area contributed by atoms with E-state index in [-0.39, 0.29) is 0 Å². The molecule has 0 radical (unpaired) electrons. The number of rotatable bonds is 8. The van der Waals surface area contributed by atoms with Crippen molar-refractivity contribution in [2.45, 2.75) is 52.7 Å². The first-order valence-corrected chi connectivity index (χ1v) is 7.25. The molecule has 0 aliphatic carbocycles. The molecule has 1 atom stereocenters. The summed E-state index contributed by atoms with van der Waals surface area (Å²) < 4.78 is 5.89. The van der Waals surface area contributed by atoms with Crippen LogP contribution in [0.15, 0.2) is 5.51 Å². The van der Waals surface area contributed by atoms with Gasteiger partial charge in [0.2, 0.25) is 0 Å². The number of thiazole rings is 1. The molecule has 4 heteroatoms. The zero-order chi connectivity index (χ0) is 12.7. The van der Waals surface area contributed by atoms with Crippen LogP contribution in [0, 0.1) is 6.92 Å². The van der Waals surface area contributed by atoms with E-state index < -0.39 is 0 Å². The SMILES string of the molecule is CCC(CNC(C)C)OCCc1scnc1C. The van der Waals surface area contributed by atoms with Gasteiger partial charge in [0.05, 0.1) is 23.9 Å². The Kier molecular flexibility index (Phi) is 6.70. The van der Waals surface area contributed by atoms with Crippen molar-refractivity contribution >= 4 is 11.3 Å². The molecule has 0 aliphatic heterocycles. The highest BCUT2D eigenvalue weighted by molar-refractivity contribution is 7.09. The molecular weight excluding hydrogens is 232 g/mol. The summed E-state index contributed by atoms with van der Waals surface area (Å²) in [6.07, 6.45) is 2.36. The van der Waals surface area contributed by atoms with Gasteiger partial charge in [0, 0.05) is 23.9 Å². The third-order valence-corrected chi connectivity index (χ3v) is 3.73. The number of hydrogen-bond donors (Lipinski definition) is 1. The number of aryl methyl sites for hydroxylation is 1. The summed E-state index contributed by atoms with van der Waals surface area (Å²) >= 11 is 1.72. The molecule has 1 aromatic rings. The summed E-state index contributed by atoms with van der Waals surface area (Å²) in [5.41, 5.74) is 3.05. The Labute approximate surface area is 109 Å². The van der Waals surface area contributed by atoms with E-state index in [2.05, 4.69) is 38.0 Å². The van der Waals surface area contributed by atoms with Crippen LogP contribution in [0.4, 0.5) is 0 Å². The van der Waals surface area contributed by atoms with E-state index in [0.717, 1.165) is 31.7 Å². The number of nitrogens with zero attached hydrogens (tertiary/aromatic N) is 1. The Morgan fingerprint density at radius 2 is 2.24 bits per heavy atom. The summed E-state index contributed by atoms with van der Waals surface area (Å²) in [5.74, 6) is 0. The normalized spacial score (nSPS) is 13.2. The number of aromatic nitrogens is 1. The second-order valence-corrected chi connectivity index (χ2v) is 5.51. The highest BCUT2D eigenvalue weighted by Crippen LogP contribution is 2.13. The average molecular weight is 256 g/mol. The fourth-order valence-electron chi connectivity index (χ4n) is 1.57. The van der Waals surface area contributed by atoms with Gasteiger partial charge < -0.3 is 10.1 Å². The van der Waals surface area contributed by atoms with Gasteiger partial charge in [0.25, 0.3) is 0 Å². The monoisotopic (exact) mass is 256 g/mol. The fraction of sp³-hybridized carbons (Fsp3) is 0.769. The predicted octanol–water partition coefficient (Wildman–Crippen LogP) is 2.79. The molecule has 1 heterocycles. The zero-order valence-corrected chi connectivity index (χ0v) is 12.1. The minimum Gasteiger partial charge on any atom is -0.377 e. The molecule has 0 aromatic carbocycles. The zero-order valence-electron chi connectivity index (χ0n) is 11.3. The summed E-state index contributed by atoms with van der Waals surface area (Å²) in [4.78, 5) is 5.59. The largest absolute Gasteiger partial charge is 0.377 e. The van der Waals surface area contributed by atoms with E-state index in [1.54, 1.807) is 11.3 Å². The molecule has 98 valence electrons. The summed E-state index contributed by atoms with van der Waals surface area (Å²) in [7, 11) is 0. The van der Waals surface area contributed by atoms with Crippen LogP contribution in [-0.2, 0) is 11.2 Å². The maximum atomic E-state index is 5.89. The molecule has 0 amide bonds. The van der Waals surface area contributed by atoms with Crippen molar-refractivity contribution < 1.29 is 4.74 Å². The van der Waals surface area contributed by atoms with Crippen LogP contribution in [0.2, 0.25) is 0 Å².